The zero-order chi connectivity index (χ0) is 16.1. The number of halogens is 3. The Kier molecular flexibility index (Phi) is 5.11. The van der Waals surface area contributed by atoms with Crippen LogP contribution in [0.2, 0.25) is 5.02 Å². The molecule has 0 spiro atoms. The summed E-state index contributed by atoms with van der Waals surface area (Å²) in [5, 5.41) is 2.52. The molecule has 0 radical (unpaired) electrons. The largest absolute Gasteiger partial charge is 0.471 e. The summed E-state index contributed by atoms with van der Waals surface area (Å²) >= 11 is 5.80. The minimum Gasteiger partial charge on any atom is -0.471 e. The topological polar surface area (TPSA) is 67.0 Å². The Morgan fingerprint density at radius 2 is 2.23 bits per heavy atom. The van der Waals surface area contributed by atoms with Crippen LogP contribution in [0.4, 0.5) is 14.7 Å². The van der Waals surface area contributed by atoms with Gasteiger partial charge in [0.15, 0.2) is 5.02 Å². The molecule has 1 aromatic heterocycles. The second-order valence-electron chi connectivity index (χ2n) is 4.23. The first kappa shape index (κ1) is 16.0. The molecule has 0 amide bonds. The van der Waals surface area contributed by atoms with E-state index in [9.17, 15) is 13.6 Å². The van der Waals surface area contributed by atoms with Crippen LogP contribution >= 0.6 is 11.6 Å². The standard InChI is InChI=1S/C14H12ClF2N3O2/c1-2-5-18-14-19-12(21)11(15)13(20-14)22-7-8-3-4-9(16)6-10(8)17/h2-4,6H,1,5,7H2,(H2,18,19,20,21). The van der Waals surface area contributed by atoms with Crippen LogP contribution in [0.5, 0.6) is 5.88 Å². The number of anilines is 1. The highest BCUT2D eigenvalue weighted by Crippen LogP contribution is 2.20. The Bertz CT molecular complexity index is 749. The van der Waals surface area contributed by atoms with E-state index in [0.29, 0.717) is 6.54 Å². The van der Waals surface area contributed by atoms with Crippen LogP contribution in [0.3, 0.4) is 0 Å². The second kappa shape index (κ2) is 7.04. The van der Waals surface area contributed by atoms with E-state index in [1.54, 1.807) is 6.08 Å². The highest BCUT2D eigenvalue weighted by atomic mass is 35.5. The summed E-state index contributed by atoms with van der Waals surface area (Å²) in [6.45, 7) is 3.64. The van der Waals surface area contributed by atoms with Gasteiger partial charge in [0, 0.05) is 18.2 Å². The van der Waals surface area contributed by atoms with Crippen LogP contribution in [-0.2, 0) is 6.61 Å². The van der Waals surface area contributed by atoms with Gasteiger partial charge in [-0.1, -0.05) is 17.7 Å². The molecule has 116 valence electrons. The van der Waals surface area contributed by atoms with Crippen LogP contribution in [-0.4, -0.2) is 16.5 Å². The van der Waals surface area contributed by atoms with Crippen LogP contribution in [0.25, 0.3) is 0 Å². The molecule has 8 heteroatoms. The van der Waals surface area contributed by atoms with Crippen molar-refractivity contribution in [3.8, 4) is 5.88 Å². The van der Waals surface area contributed by atoms with Crippen molar-refractivity contribution in [2.75, 3.05) is 11.9 Å². The van der Waals surface area contributed by atoms with Gasteiger partial charge >= 0.3 is 0 Å². The highest BCUT2D eigenvalue weighted by Gasteiger charge is 2.12. The summed E-state index contributed by atoms with van der Waals surface area (Å²) in [5.41, 5.74) is -0.488. The smallest absolute Gasteiger partial charge is 0.275 e. The zero-order valence-electron chi connectivity index (χ0n) is 11.3. The van der Waals surface area contributed by atoms with Gasteiger partial charge in [0.05, 0.1) is 0 Å². The quantitative estimate of drug-likeness (QED) is 0.801. The summed E-state index contributed by atoms with van der Waals surface area (Å²) in [7, 11) is 0. The van der Waals surface area contributed by atoms with Crippen molar-refractivity contribution in [3.63, 3.8) is 0 Å². The average molecular weight is 328 g/mol. The fourth-order valence-corrected chi connectivity index (χ4v) is 1.72. The normalized spacial score (nSPS) is 10.3. The van der Waals surface area contributed by atoms with Crippen molar-refractivity contribution in [1.29, 1.82) is 0 Å². The number of ether oxygens (including phenoxy) is 1. The van der Waals surface area contributed by atoms with Gasteiger partial charge in [-0.2, -0.15) is 4.98 Å². The molecule has 0 bridgehead atoms. The van der Waals surface area contributed by atoms with E-state index in [-0.39, 0.29) is 29.0 Å². The Morgan fingerprint density at radius 3 is 2.91 bits per heavy atom. The third kappa shape index (κ3) is 3.82. The van der Waals surface area contributed by atoms with E-state index in [1.807, 2.05) is 0 Å². The minimum absolute atomic E-state index is 0.111. The second-order valence-corrected chi connectivity index (χ2v) is 4.61. The Labute approximate surface area is 129 Å². The van der Waals surface area contributed by atoms with Crippen molar-refractivity contribution in [2.24, 2.45) is 0 Å². The molecule has 2 N–H and O–H groups in total. The van der Waals surface area contributed by atoms with Gasteiger partial charge in [-0.3, -0.25) is 9.78 Å². The first-order chi connectivity index (χ1) is 10.5. The van der Waals surface area contributed by atoms with Gasteiger partial charge < -0.3 is 10.1 Å². The van der Waals surface area contributed by atoms with Crippen molar-refractivity contribution < 1.29 is 13.5 Å². The molecule has 0 atom stereocenters. The predicted molar refractivity (Wildman–Crippen MR) is 79.2 cm³/mol. The van der Waals surface area contributed by atoms with Gasteiger partial charge in [0.2, 0.25) is 11.8 Å². The molecule has 0 saturated heterocycles. The first-order valence-electron chi connectivity index (χ1n) is 6.22. The van der Waals surface area contributed by atoms with E-state index in [4.69, 9.17) is 16.3 Å². The lowest BCUT2D eigenvalue weighted by Crippen LogP contribution is -2.15. The summed E-state index contributed by atoms with van der Waals surface area (Å²) in [4.78, 5) is 18.0. The number of rotatable bonds is 6. The molecule has 22 heavy (non-hydrogen) atoms. The fraction of sp³-hybridized carbons (Fsp3) is 0.143. The highest BCUT2D eigenvalue weighted by molar-refractivity contribution is 6.31. The van der Waals surface area contributed by atoms with Crippen LogP contribution in [0.15, 0.2) is 35.6 Å². The Morgan fingerprint density at radius 1 is 1.45 bits per heavy atom. The number of nitrogens with zero attached hydrogens (tertiary/aromatic N) is 1. The monoisotopic (exact) mass is 327 g/mol. The van der Waals surface area contributed by atoms with Crippen molar-refractivity contribution in [3.05, 3.63) is 63.4 Å². The molecule has 1 aromatic carbocycles. The third-order valence-electron chi connectivity index (χ3n) is 2.63. The first-order valence-corrected chi connectivity index (χ1v) is 6.60. The molecule has 1 heterocycles. The molecule has 2 aromatic rings. The number of aromatic amines is 1. The molecule has 0 fully saturated rings. The van der Waals surface area contributed by atoms with E-state index in [0.717, 1.165) is 12.1 Å². The molecule has 0 aliphatic carbocycles. The number of hydrogen-bond acceptors (Lipinski definition) is 4. The lowest BCUT2D eigenvalue weighted by molar-refractivity contribution is 0.287. The molecule has 0 aliphatic heterocycles. The number of hydrogen-bond donors (Lipinski definition) is 2. The molecular weight excluding hydrogens is 316 g/mol. The maximum Gasteiger partial charge on any atom is 0.275 e. The Hall–Kier alpha value is -2.41. The SMILES string of the molecule is C=CCNc1nc(OCc2ccc(F)cc2F)c(Cl)c(=O)[nH]1. The van der Waals surface area contributed by atoms with Gasteiger partial charge in [0.25, 0.3) is 5.56 Å². The number of aromatic nitrogens is 2. The maximum absolute atomic E-state index is 13.5. The molecule has 2 rings (SSSR count). The number of benzene rings is 1. The van der Waals surface area contributed by atoms with E-state index in [1.165, 1.54) is 6.07 Å². The van der Waals surface area contributed by atoms with Gasteiger partial charge in [-0.15, -0.1) is 6.58 Å². The van der Waals surface area contributed by atoms with Gasteiger partial charge in [-0.25, -0.2) is 8.78 Å². The molecular formula is C14H12ClF2N3O2. The number of nitrogens with one attached hydrogen (secondary N) is 2. The van der Waals surface area contributed by atoms with Gasteiger partial charge in [-0.05, 0) is 12.1 Å². The molecule has 5 nitrogen and oxygen atoms in total. The van der Waals surface area contributed by atoms with Gasteiger partial charge in [0.1, 0.15) is 18.2 Å². The summed E-state index contributed by atoms with van der Waals surface area (Å²) in [5.74, 6) is -1.46. The van der Waals surface area contributed by atoms with Crippen molar-refractivity contribution >= 4 is 17.5 Å². The zero-order valence-corrected chi connectivity index (χ0v) is 12.1. The van der Waals surface area contributed by atoms with Crippen LogP contribution < -0.4 is 15.6 Å². The van der Waals surface area contributed by atoms with E-state index < -0.39 is 17.2 Å². The Balaban J connectivity index is 2.19. The molecule has 0 unspecified atom stereocenters. The lowest BCUT2D eigenvalue weighted by Gasteiger charge is -2.09. The average Bonchev–Trinajstić information content (AvgIpc) is 2.48. The summed E-state index contributed by atoms with van der Waals surface area (Å²) in [6, 6.07) is 3.08. The fourth-order valence-electron chi connectivity index (χ4n) is 1.57. The van der Waals surface area contributed by atoms with Crippen LogP contribution in [0, 0.1) is 11.6 Å². The summed E-state index contributed by atoms with van der Waals surface area (Å²) < 4.78 is 31.6. The third-order valence-corrected chi connectivity index (χ3v) is 2.96. The van der Waals surface area contributed by atoms with Crippen molar-refractivity contribution in [2.45, 2.75) is 6.61 Å². The number of H-pyrrole nitrogens is 1. The minimum atomic E-state index is -0.758. The molecule has 0 aliphatic rings. The van der Waals surface area contributed by atoms with Crippen LogP contribution in [0.1, 0.15) is 5.56 Å². The maximum atomic E-state index is 13.5. The summed E-state index contributed by atoms with van der Waals surface area (Å²) in [6.07, 6.45) is 1.57. The predicted octanol–water partition coefficient (Wildman–Crippen LogP) is 2.88. The molecule has 0 saturated carbocycles. The van der Waals surface area contributed by atoms with Crippen molar-refractivity contribution in [1.82, 2.24) is 9.97 Å². The van der Waals surface area contributed by atoms with E-state index >= 15 is 0 Å². The lowest BCUT2D eigenvalue weighted by atomic mass is 10.2. The van der Waals surface area contributed by atoms with E-state index in [2.05, 4.69) is 21.9 Å².